The minimum absolute atomic E-state index is 0. The number of halogens is 4. The maximum Gasteiger partial charge on any atom is 2.00 e. The summed E-state index contributed by atoms with van der Waals surface area (Å²) in [7, 11) is 2.83. The van der Waals surface area contributed by atoms with E-state index in [0.29, 0.717) is 23.0 Å². The summed E-state index contributed by atoms with van der Waals surface area (Å²) in [4.78, 5) is 10.4. The van der Waals surface area contributed by atoms with Gasteiger partial charge >= 0.3 is 23.1 Å². The van der Waals surface area contributed by atoms with E-state index in [9.17, 15) is 26.4 Å². The van der Waals surface area contributed by atoms with Crippen molar-refractivity contribution in [2.24, 2.45) is 30.7 Å². The molecular weight excluding hydrogens is 925 g/mol. The van der Waals surface area contributed by atoms with Crippen LogP contribution in [0.1, 0.15) is 75.9 Å². The molecular formula is C46H60ClF3MgN8O5S2. The molecule has 1 aliphatic heterocycles. The van der Waals surface area contributed by atoms with Crippen LogP contribution < -0.4 is 17.5 Å². The topological polar surface area (TPSA) is 173 Å². The number of ether oxygens (including phenoxy) is 1. The van der Waals surface area contributed by atoms with Crippen molar-refractivity contribution in [2.75, 3.05) is 13.2 Å². The van der Waals surface area contributed by atoms with E-state index in [1.54, 1.807) is 76.2 Å². The van der Waals surface area contributed by atoms with Gasteiger partial charge < -0.3 is 29.7 Å². The second-order valence-electron chi connectivity index (χ2n) is 16.1. The average molecular weight is 986 g/mol. The van der Waals surface area contributed by atoms with Crippen molar-refractivity contribution in [3.8, 4) is 33.4 Å². The Kier molecular flexibility index (Phi) is 27.5. The minimum Gasteiger partial charge on any atom is -1.00 e. The van der Waals surface area contributed by atoms with Crippen LogP contribution in [0.5, 0.6) is 0 Å². The first-order chi connectivity index (χ1) is 29.6. The molecule has 0 saturated carbocycles. The van der Waals surface area contributed by atoms with E-state index in [1.807, 2.05) is 68.0 Å². The number of hydrogen-bond acceptors (Lipinski definition) is 8. The van der Waals surface area contributed by atoms with Gasteiger partial charge in [-0.15, -0.1) is 0 Å². The van der Waals surface area contributed by atoms with E-state index in [-0.39, 0.29) is 65.6 Å². The summed E-state index contributed by atoms with van der Waals surface area (Å²) in [5.41, 5.74) is 5.46. The summed E-state index contributed by atoms with van der Waals surface area (Å²) in [5, 5.41) is 25.9. The van der Waals surface area contributed by atoms with Gasteiger partial charge in [-0.05, 0) is 101 Å². The van der Waals surface area contributed by atoms with E-state index in [1.165, 1.54) is 43.3 Å². The number of rotatable bonds is 7. The van der Waals surface area contributed by atoms with Gasteiger partial charge in [-0.3, -0.25) is 24.0 Å². The van der Waals surface area contributed by atoms with Crippen LogP contribution in [0.2, 0.25) is 0 Å². The van der Waals surface area contributed by atoms with Gasteiger partial charge in [0.25, 0.3) is 0 Å². The number of nitrogens with two attached hydrogens (primary N) is 1. The number of aldehydes is 1. The predicted molar refractivity (Wildman–Crippen MR) is 257 cm³/mol. The van der Waals surface area contributed by atoms with Crippen LogP contribution >= 0.6 is 0 Å². The molecule has 7 rings (SSSR count). The number of hydrogen-bond donors (Lipinski definition) is 2. The Bertz CT molecular complexity index is 2470. The van der Waals surface area contributed by atoms with Crippen LogP contribution in [-0.2, 0) is 54.5 Å². The molecule has 3 aromatic carbocycles. The molecule has 356 valence electrons. The van der Waals surface area contributed by atoms with Crippen LogP contribution in [0.25, 0.3) is 33.4 Å². The Morgan fingerprint density at radius 2 is 1.08 bits per heavy atom. The van der Waals surface area contributed by atoms with Gasteiger partial charge in [0, 0.05) is 87.0 Å². The van der Waals surface area contributed by atoms with Gasteiger partial charge in [0.15, 0.2) is 6.29 Å². The van der Waals surface area contributed by atoms with Gasteiger partial charge in [-0.2, -0.15) is 19.7 Å². The first-order valence-electron chi connectivity index (χ1n) is 19.7. The average Bonchev–Trinajstić information content (AvgIpc) is 4.08. The number of aryl methyl sites for hydroxylation is 3. The SMILES string of the molecule is C1CCOC1.CC(C)(C)S(N)=O.Cn1cc(-c2ccc(C=NS(=O)C(C)(C)C)c(F)c2)cn1.Cn1cc(-c2ccc(C=O)c(F)c2)cn1.Cn1cc(-c2ccc(CO)c(F)c2)cn1.[CH3-].[Cl-].[Mg+2]. The third kappa shape index (κ3) is 20.7. The Morgan fingerprint density at radius 1 is 0.697 bits per heavy atom. The summed E-state index contributed by atoms with van der Waals surface area (Å²) in [6.07, 6.45) is 14.8. The zero-order valence-electron chi connectivity index (χ0n) is 39.2. The van der Waals surface area contributed by atoms with Gasteiger partial charge in [0.05, 0.1) is 51.2 Å². The summed E-state index contributed by atoms with van der Waals surface area (Å²) in [5.74, 6) is -1.30. The predicted octanol–water partition coefficient (Wildman–Crippen LogP) is 5.14. The first-order valence-corrected chi connectivity index (χ1v) is 22.1. The van der Waals surface area contributed by atoms with Crippen LogP contribution in [0.3, 0.4) is 0 Å². The fourth-order valence-electron chi connectivity index (χ4n) is 4.95. The number of carbonyl (C=O) groups excluding carboxylic acids is 1. The molecule has 0 amide bonds. The molecule has 2 unspecified atom stereocenters. The van der Waals surface area contributed by atoms with Crippen molar-refractivity contribution in [2.45, 2.75) is 70.5 Å². The third-order valence-electron chi connectivity index (χ3n) is 8.71. The molecule has 4 heterocycles. The van der Waals surface area contributed by atoms with Crippen molar-refractivity contribution in [1.82, 2.24) is 29.3 Å². The van der Waals surface area contributed by atoms with Crippen LogP contribution in [0.4, 0.5) is 13.2 Å². The number of aromatic nitrogens is 6. The fraction of sp³-hybridized carbons (Fsp3) is 0.348. The smallest absolute Gasteiger partial charge is 1.00 e. The van der Waals surface area contributed by atoms with Crippen LogP contribution in [0.15, 0.2) is 96.2 Å². The fourth-order valence-corrected chi connectivity index (χ4v) is 5.48. The second-order valence-corrected chi connectivity index (χ2v) is 19.8. The Labute approximate surface area is 414 Å². The molecule has 3 N–H and O–H groups in total. The molecule has 2 atom stereocenters. The molecule has 66 heavy (non-hydrogen) atoms. The van der Waals surface area contributed by atoms with Gasteiger partial charge in [-0.1, -0.05) is 24.3 Å². The summed E-state index contributed by atoms with van der Waals surface area (Å²) >= 11 is 0. The zero-order chi connectivity index (χ0) is 46.9. The number of aliphatic hydroxyl groups excluding tert-OH is 1. The molecule has 6 aromatic rings. The standard InChI is InChI=1S/C15H18FN3OS.C11H11FN2O.C11H9FN2O.C4H11NOS.C4H8O.CH3.ClH.Mg/c1-15(2,3)21(20)18-9-12-6-5-11(7-14(12)16)13-8-17-19(4)10-13;2*1-14-6-10(5-13-14)8-2-3-9(7-15)11(12)4-8;1-4(2,3)7(5)6;1-2-4-5-3-1;;;/h5-10H,1-4H3;2-6,15H,7H2,1H3;2-7H,1H3;5H2,1-3H3;1-4H2;1H3;1H;/q;;;;;-1;;+2/p-1. The molecule has 13 nitrogen and oxygen atoms in total. The summed E-state index contributed by atoms with van der Waals surface area (Å²) in [6, 6.07) is 14.1. The first kappa shape index (κ1) is 61.7. The van der Waals surface area contributed by atoms with Crippen LogP contribution in [-0.4, -0.2) is 101 Å². The van der Waals surface area contributed by atoms with E-state index in [2.05, 4.69) is 19.7 Å². The van der Waals surface area contributed by atoms with Crippen molar-refractivity contribution >= 4 is 57.5 Å². The Hall–Kier alpha value is -4.34. The molecule has 3 aromatic heterocycles. The minimum atomic E-state index is -1.39. The van der Waals surface area contributed by atoms with E-state index in [0.717, 1.165) is 41.0 Å². The monoisotopic (exact) mass is 984 g/mol. The molecule has 1 aliphatic rings. The summed E-state index contributed by atoms with van der Waals surface area (Å²) < 4.78 is 76.0. The Morgan fingerprint density at radius 3 is 1.35 bits per heavy atom. The molecule has 20 heteroatoms. The molecule has 0 aliphatic carbocycles. The van der Waals surface area contributed by atoms with Crippen molar-refractivity contribution in [3.63, 3.8) is 0 Å². The Balaban J connectivity index is 0.000000845. The van der Waals surface area contributed by atoms with Gasteiger partial charge in [0.1, 0.15) is 28.4 Å². The maximum absolute atomic E-state index is 14.1. The number of nitrogens with zero attached hydrogens (tertiary/aromatic N) is 7. The third-order valence-corrected chi connectivity index (χ3v) is 11.3. The van der Waals surface area contributed by atoms with Crippen LogP contribution in [0, 0.1) is 24.9 Å². The quantitative estimate of drug-likeness (QED) is 0.0959. The largest absolute Gasteiger partial charge is 2.00 e. The van der Waals surface area contributed by atoms with Gasteiger partial charge in [-0.25, -0.2) is 21.6 Å². The molecule has 0 radical (unpaired) electrons. The van der Waals surface area contributed by atoms with E-state index < -0.39 is 38.4 Å². The molecule has 0 spiro atoms. The maximum atomic E-state index is 14.1. The normalized spacial score (nSPS) is 12.7. The van der Waals surface area contributed by atoms with Crippen molar-refractivity contribution in [3.05, 3.63) is 133 Å². The number of benzene rings is 3. The molecule has 0 bridgehead atoms. The number of aliphatic hydroxyl groups is 1. The number of carbonyl (C=O) groups is 1. The summed E-state index contributed by atoms with van der Waals surface area (Å²) in [6.45, 7) is 12.7. The zero-order valence-corrected chi connectivity index (χ0v) is 43.0. The van der Waals surface area contributed by atoms with E-state index in [4.69, 9.17) is 15.0 Å². The molecule has 1 fully saturated rings. The van der Waals surface area contributed by atoms with Gasteiger partial charge in [0.2, 0.25) is 0 Å². The second kappa shape index (κ2) is 29.4. The van der Waals surface area contributed by atoms with Crippen molar-refractivity contribution in [1.29, 1.82) is 0 Å². The van der Waals surface area contributed by atoms with E-state index >= 15 is 0 Å². The molecule has 1 saturated heterocycles. The van der Waals surface area contributed by atoms with Crippen molar-refractivity contribution < 1.29 is 48.6 Å².